The van der Waals surface area contributed by atoms with Crippen LogP contribution in [0.1, 0.15) is 65.2 Å². The number of hydrogen-bond acceptors (Lipinski definition) is 1. The molecule has 0 bridgehead atoms. The van der Waals surface area contributed by atoms with Crippen molar-refractivity contribution in [3.05, 3.63) is 0 Å². The highest BCUT2D eigenvalue weighted by Gasteiger charge is 2.33. The minimum Gasteiger partial charge on any atom is -0.374 e. The van der Waals surface area contributed by atoms with Gasteiger partial charge in [0.25, 0.3) is 0 Å². The van der Waals surface area contributed by atoms with Crippen LogP contribution in [0.4, 0.5) is 0 Å². The summed E-state index contributed by atoms with van der Waals surface area (Å²) in [6.45, 7) is 5.57. The highest BCUT2D eigenvalue weighted by Crippen LogP contribution is 2.35. The molecule has 1 saturated carbocycles. The molecule has 1 rings (SSSR count). The lowest BCUT2D eigenvalue weighted by molar-refractivity contribution is -0.0396. The van der Waals surface area contributed by atoms with Gasteiger partial charge in [-0.1, -0.05) is 68.5 Å². The van der Waals surface area contributed by atoms with Gasteiger partial charge in [-0.2, -0.15) is 0 Å². The monoisotopic (exact) mass is 338 g/mol. The SMILES string of the molecule is CCCCC(CC)COC1(CI)CCCC1. The smallest absolute Gasteiger partial charge is 0.0771 e. The number of halogens is 1. The normalized spacial score (nSPS) is 21.2. The lowest BCUT2D eigenvalue weighted by Crippen LogP contribution is -2.33. The molecule has 0 aromatic carbocycles. The van der Waals surface area contributed by atoms with Crippen LogP contribution in [0.25, 0.3) is 0 Å². The van der Waals surface area contributed by atoms with Crippen molar-refractivity contribution in [1.29, 1.82) is 0 Å². The van der Waals surface area contributed by atoms with Crippen molar-refractivity contribution < 1.29 is 4.74 Å². The third-order valence-corrected chi connectivity index (χ3v) is 5.32. The van der Waals surface area contributed by atoms with Gasteiger partial charge < -0.3 is 4.74 Å². The van der Waals surface area contributed by atoms with Crippen molar-refractivity contribution in [2.24, 2.45) is 5.92 Å². The van der Waals surface area contributed by atoms with Crippen LogP contribution in [0, 0.1) is 5.92 Å². The predicted octanol–water partition coefficient (Wildman–Crippen LogP) is 4.97. The summed E-state index contributed by atoms with van der Waals surface area (Å²) in [5.74, 6) is 0.792. The van der Waals surface area contributed by atoms with E-state index in [9.17, 15) is 0 Å². The summed E-state index contributed by atoms with van der Waals surface area (Å²) in [4.78, 5) is 0. The van der Waals surface area contributed by atoms with Gasteiger partial charge in [0.05, 0.1) is 12.2 Å². The molecule has 1 fully saturated rings. The molecule has 0 aliphatic heterocycles. The van der Waals surface area contributed by atoms with Crippen LogP contribution in [0.2, 0.25) is 0 Å². The average Bonchev–Trinajstić information content (AvgIpc) is 2.79. The van der Waals surface area contributed by atoms with E-state index in [0.717, 1.165) is 12.5 Å². The van der Waals surface area contributed by atoms with Crippen LogP contribution >= 0.6 is 22.6 Å². The Morgan fingerprint density at radius 2 is 1.94 bits per heavy atom. The lowest BCUT2D eigenvalue weighted by Gasteiger charge is -2.29. The summed E-state index contributed by atoms with van der Waals surface area (Å²) >= 11 is 2.50. The first kappa shape index (κ1) is 14.7. The number of alkyl halides is 1. The zero-order valence-electron chi connectivity index (χ0n) is 10.9. The van der Waals surface area contributed by atoms with E-state index >= 15 is 0 Å². The molecule has 0 spiro atoms. The number of rotatable bonds is 8. The van der Waals surface area contributed by atoms with Gasteiger partial charge in [0.15, 0.2) is 0 Å². The Labute approximate surface area is 115 Å². The molecule has 1 aliphatic rings. The lowest BCUT2D eigenvalue weighted by atomic mass is 9.99. The van der Waals surface area contributed by atoms with Gasteiger partial charge in [0.1, 0.15) is 0 Å². The Morgan fingerprint density at radius 1 is 1.25 bits per heavy atom. The van der Waals surface area contributed by atoms with E-state index in [1.807, 2.05) is 0 Å². The van der Waals surface area contributed by atoms with Crippen LogP contribution < -0.4 is 0 Å². The van der Waals surface area contributed by atoms with Gasteiger partial charge in [-0.25, -0.2) is 0 Å². The fourth-order valence-corrected chi connectivity index (χ4v) is 3.51. The number of ether oxygens (including phenoxy) is 1. The first-order chi connectivity index (χ1) is 7.76. The fraction of sp³-hybridized carbons (Fsp3) is 1.00. The molecule has 0 aromatic heterocycles. The van der Waals surface area contributed by atoms with Crippen LogP contribution in [-0.2, 0) is 4.74 Å². The highest BCUT2D eigenvalue weighted by atomic mass is 127. The minimum atomic E-state index is 0.250. The number of hydrogen-bond donors (Lipinski definition) is 0. The zero-order chi connectivity index (χ0) is 11.9. The molecule has 0 N–H and O–H groups in total. The maximum Gasteiger partial charge on any atom is 0.0771 e. The van der Waals surface area contributed by atoms with Crippen LogP contribution in [0.15, 0.2) is 0 Å². The zero-order valence-corrected chi connectivity index (χ0v) is 13.1. The van der Waals surface area contributed by atoms with Crippen molar-refractivity contribution in [3.8, 4) is 0 Å². The van der Waals surface area contributed by atoms with Gasteiger partial charge in [-0.3, -0.25) is 0 Å². The third kappa shape index (κ3) is 4.52. The van der Waals surface area contributed by atoms with Crippen molar-refractivity contribution in [1.82, 2.24) is 0 Å². The van der Waals surface area contributed by atoms with Crippen molar-refractivity contribution in [3.63, 3.8) is 0 Å². The summed E-state index contributed by atoms with van der Waals surface area (Å²) in [5, 5.41) is 0. The maximum absolute atomic E-state index is 6.28. The number of unbranched alkanes of at least 4 members (excludes halogenated alkanes) is 1. The standard InChI is InChI=1S/C14H27IO/c1-3-5-8-13(4-2)11-16-14(12-15)9-6-7-10-14/h13H,3-12H2,1-2H3. The van der Waals surface area contributed by atoms with Crippen molar-refractivity contribution in [2.75, 3.05) is 11.0 Å². The Bertz CT molecular complexity index is 176. The highest BCUT2D eigenvalue weighted by molar-refractivity contribution is 14.1. The maximum atomic E-state index is 6.28. The Morgan fingerprint density at radius 3 is 2.44 bits per heavy atom. The summed E-state index contributed by atoms with van der Waals surface area (Å²) < 4.78 is 7.46. The fourth-order valence-electron chi connectivity index (χ4n) is 2.53. The Kier molecular flexibility index (Phi) is 7.29. The molecule has 0 amide bonds. The average molecular weight is 338 g/mol. The molecule has 0 saturated heterocycles. The summed E-state index contributed by atoms with van der Waals surface area (Å²) in [7, 11) is 0. The molecule has 16 heavy (non-hydrogen) atoms. The van der Waals surface area contributed by atoms with Gasteiger partial charge in [-0.05, 0) is 25.2 Å². The first-order valence-electron chi connectivity index (χ1n) is 6.96. The Balaban J connectivity index is 2.29. The van der Waals surface area contributed by atoms with Gasteiger partial charge in [0.2, 0.25) is 0 Å². The van der Waals surface area contributed by atoms with E-state index in [2.05, 4.69) is 36.4 Å². The quantitative estimate of drug-likeness (QED) is 0.449. The topological polar surface area (TPSA) is 9.23 Å². The molecule has 1 aliphatic carbocycles. The molecule has 0 radical (unpaired) electrons. The molecular formula is C14H27IO. The van der Waals surface area contributed by atoms with Crippen LogP contribution in [0.5, 0.6) is 0 Å². The van der Waals surface area contributed by atoms with E-state index in [1.54, 1.807) is 0 Å². The largest absolute Gasteiger partial charge is 0.374 e. The van der Waals surface area contributed by atoms with E-state index in [1.165, 1.54) is 55.8 Å². The van der Waals surface area contributed by atoms with E-state index < -0.39 is 0 Å². The molecule has 1 atom stereocenters. The first-order valence-corrected chi connectivity index (χ1v) is 8.49. The van der Waals surface area contributed by atoms with E-state index in [4.69, 9.17) is 4.74 Å². The molecular weight excluding hydrogens is 311 g/mol. The van der Waals surface area contributed by atoms with Gasteiger partial charge >= 0.3 is 0 Å². The summed E-state index contributed by atoms with van der Waals surface area (Å²) in [6.07, 6.45) is 10.6. The van der Waals surface area contributed by atoms with Crippen molar-refractivity contribution in [2.45, 2.75) is 70.8 Å². The molecule has 2 heteroatoms. The molecule has 0 aromatic rings. The third-order valence-electron chi connectivity index (χ3n) is 3.93. The van der Waals surface area contributed by atoms with E-state index in [-0.39, 0.29) is 5.60 Å². The summed E-state index contributed by atoms with van der Waals surface area (Å²) in [6, 6.07) is 0. The molecule has 96 valence electrons. The predicted molar refractivity (Wildman–Crippen MR) is 79.3 cm³/mol. The second kappa shape index (κ2) is 7.91. The van der Waals surface area contributed by atoms with Gasteiger partial charge in [0, 0.05) is 4.43 Å². The van der Waals surface area contributed by atoms with E-state index in [0.29, 0.717) is 0 Å². The van der Waals surface area contributed by atoms with Crippen LogP contribution in [-0.4, -0.2) is 16.6 Å². The summed E-state index contributed by atoms with van der Waals surface area (Å²) in [5.41, 5.74) is 0.250. The van der Waals surface area contributed by atoms with Crippen LogP contribution in [0.3, 0.4) is 0 Å². The Hall–Kier alpha value is 0.690. The van der Waals surface area contributed by atoms with Crippen molar-refractivity contribution >= 4 is 22.6 Å². The minimum absolute atomic E-state index is 0.250. The second-order valence-corrected chi connectivity index (χ2v) is 6.01. The van der Waals surface area contributed by atoms with Gasteiger partial charge in [-0.15, -0.1) is 0 Å². The molecule has 1 nitrogen and oxygen atoms in total. The molecule has 0 heterocycles. The molecule has 1 unspecified atom stereocenters. The second-order valence-electron chi connectivity index (χ2n) is 5.25.